The normalized spacial score (nSPS) is 15.0. The van der Waals surface area contributed by atoms with Crippen molar-refractivity contribution < 1.29 is 4.74 Å². The van der Waals surface area contributed by atoms with Crippen molar-refractivity contribution in [3.8, 4) is 0 Å². The molecule has 2 atom stereocenters. The third kappa shape index (κ3) is 5.80. The summed E-state index contributed by atoms with van der Waals surface area (Å²) >= 11 is 0. The number of nitrogens with one attached hydrogen (secondary N) is 1. The van der Waals surface area contributed by atoms with Crippen LogP contribution in [-0.4, -0.2) is 25.3 Å². The second-order valence-corrected chi connectivity index (χ2v) is 6.93. The van der Waals surface area contributed by atoms with Gasteiger partial charge in [0.25, 0.3) is 0 Å². The molecule has 0 aliphatic heterocycles. The second kappa shape index (κ2) is 8.55. The fourth-order valence-corrected chi connectivity index (χ4v) is 2.84. The van der Waals surface area contributed by atoms with E-state index in [1.165, 1.54) is 11.1 Å². The number of rotatable bonds is 8. The van der Waals surface area contributed by atoms with Crippen molar-refractivity contribution in [3.63, 3.8) is 0 Å². The molecule has 120 valence electrons. The molecular weight excluding hydrogens is 258 g/mol. The highest BCUT2D eigenvalue weighted by molar-refractivity contribution is 5.26. The van der Waals surface area contributed by atoms with Crippen molar-refractivity contribution in [3.05, 3.63) is 35.4 Å². The van der Waals surface area contributed by atoms with Crippen LogP contribution in [0, 0.1) is 12.3 Å². The SMILES string of the molecule is CCCNC(Cc1ccccc1C)C(OCC)C(C)(C)C. The van der Waals surface area contributed by atoms with Crippen LogP contribution >= 0.6 is 0 Å². The zero-order chi connectivity index (χ0) is 15.9. The fraction of sp³-hybridized carbons (Fsp3) is 0.684. The van der Waals surface area contributed by atoms with E-state index < -0.39 is 0 Å². The Morgan fingerprint density at radius 1 is 1.14 bits per heavy atom. The monoisotopic (exact) mass is 291 g/mol. The molecule has 0 heterocycles. The quantitative estimate of drug-likeness (QED) is 0.768. The zero-order valence-electron chi connectivity index (χ0n) is 14.7. The van der Waals surface area contributed by atoms with Gasteiger partial charge in [-0.3, -0.25) is 0 Å². The summed E-state index contributed by atoms with van der Waals surface area (Å²) in [5.74, 6) is 0. The van der Waals surface area contributed by atoms with Crippen LogP contribution in [0.25, 0.3) is 0 Å². The summed E-state index contributed by atoms with van der Waals surface area (Å²) < 4.78 is 6.12. The third-order valence-electron chi connectivity index (χ3n) is 3.92. The van der Waals surface area contributed by atoms with E-state index in [2.05, 4.69) is 71.1 Å². The van der Waals surface area contributed by atoms with Gasteiger partial charge in [-0.15, -0.1) is 0 Å². The third-order valence-corrected chi connectivity index (χ3v) is 3.92. The molecule has 21 heavy (non-hydrogen) atoms. The molecule has 0 fully saturated rings. The Bertz CT molecular complexity index is 408. The van der Waals surface area contributed by atoms with Crippen molar-refractivity contribution in [2.75, 3.05) is 13.2 Å². The Morgan fingerprint density at radius 2 is 1.81 bits per heavy atom. The lowest BCUT2D eigenvalue weighted by Crippen LogP contribution is -2.49. The highest BCUT2D eigenvalue weighted by Crippen LogP contribution is 2.27. The Labute approximate surface area is 131 Å². The van der Waals surface area contributed by atoms with Gasteiger partial charge in [-0.2, -0.15) is 0 Å². The summed E-state index contributed by atoms with van der Waals surface area (Å²) in [5.41, 5.74) is 2.91. The molecule has 0 saturated heterocycles. The van der Waals surface area contributed by atoms with Crippen LogP contribution in [0.15, 0.2) is 24.3 Å². The molecule has 1 rings (SSSR count). The maximum absolute atomic E-state index is 6.12. The molecule has 0 aromatic heterocycles. The second-order valence-electron chi connectivity index (χ2n) is 6.93. The molecule has 0 saturated carbocycles. The minimum absolute atomic E-state index is 0.129. The zero-order valence-corrected chi connectivity index (χ0v) is 14.7. The number of hydrogen-bond donors (Lipinski definition) is 1. The maximum Gasteiger partial charge on any atom is 0.0779 e. The first kappa shape index (κ1) is 18.2. The summed E-state index contributed by atoms with van der Waals surface area (Å²) in [7, 11) is 0. The molecule has 1 N–H and O–H groups in total. The van der Waals surface area contributed by atoms with Gasteiger partial charge in [-0.1, -0.05) is 52.0 Å². The summed E-state index contributed by atoms with van der Waals surface area (Å²) in [6.45, 7) is 15.1. The largest absolute Gasteiger partial charge is 0.376 e. The van der Waals surface area contributed by atoms with Gasteiger partial charge in [-0.25, -0.2) is 0 Å². The fourth-order valence-electron chi connectivity index (χ4n) is 2.84. The first-order valence-corrected chi connectivity index (χ1v) is 8.29. The van der Waals surface area contributed by atoms with Crippen LogP contribution in [-0.2, 0) is 11.2 Å². The van der Waals surface area contributed by atoms with Crippen LogP contribution < -0.4 is 5.32 Å². The summed E-state index contributed by atoms with van der Waals surface area (Å²) in [4.78, 5) is 0. The van der Waals surface area contributed by atoms with E-state index in [1.807, 2.05) is 0 Å². The van der Waals surface area contributed by atoms with Gasteiger partial charge in [0.1, 0.15) is 0 Å². The molecule has 0 aliphatic rings. The highest BCUT2D eigenvalue weighted by atomic mass is 16.5. The first-order valence-electron chi connectivity index (χ1n) is 8.29. The molecule has 1 aromatic rings. The van der Waals surface area contributed by atoms with E-state index in [0.717, 1.165) is 26.0 Å². The minimum atomic E-state index is 0.129. The molecule has 2 heteroatoms. The lowest BCUT2D eigenvalue weighted by Gasteiger charge is -2.37. The number of hydrogen-bond acceptors (Lipinski definition) is 2. The smallest absolute Gasteiger partial charge is 0.0779 e. The van der Waals surface area contributed by atoms with Crippen molar-refractivity contribution >= 4 is 0 Å². The van der Waals surface area contributed by atoms with Crippen LogP contribution in [0.2, 0.25) is 0 Å². The average molecular weight is 291 g/mol. The number of ether oxygens (including phenoxy) is 1. The summed E-state index contributed by atoms with van der Waals surface area (Å²) in [6.07, 6.45) is 2.38. The average Bonchev–Trinajstić information content (AvgIpc) is 2.42. The number of aryl methyl sites for hydroxylation is 1. The van der Waals surface area contributed by atoms with Crippen LogP contribution in [0.4, 0.5) is 0 Å². The van der Waals surface area contributed by atoms with Gasteiger partial charge in [0.05, 0.1) is 6.10 Å². The minimum Gasteiger partial charge on any atom is -0.376 e. The van der Waals surface area contributed by atoms with Gasteiger partial charge in [0, 0.05) is 12.6 Å². The van der Waals surface area contributed by atoms with E-state index in [1.54, 1.807) is 0 Å². The highest BCUT2D eigenvalue weighted by Gasteiger charge is 2.32. The first-order chi connectivity index (χ1) is 9.90. The summed E-state index contributed by atoms with van der Waals surface area (Å²) in [6, 6.07) is 9.02. The van der Waals surface area contributed by atoms with E-state index in [9.17, 15) is 0 Å². The molecule has 0 aliphatic carbocycles. The van der Waals surface area contributed by atoms with Crippen molar-refractivity contribution in [2.24, 2.45) is 5.41 Å². The lowest BCUT2D eigenvalue weighted by molar-refractivity contribution is -0.0355. The molecule has 0 amide bonds. The molecular formula is C19H33NO. The van der Waals surface area contributed by atoms with Crippen LogP contribution in [0.3, 0.4) is 0 Å². The Hall–Kier alpha value is -0.860. The van der Waals surface area contributed by atoms with E-state index in [0.29, 0.717) is 6.04 Å². The number of benzene rings is 1. The maximum atomic E-state index is 6.12. The molecule has 2 unspecified atom stereocenters. The Kier molecular flexibility index (Phi) is 7.41. The van der Waals surface area contributed by atoms with Gasteiger partial charge in [0.15, 0.2) is 0 Å². The summed E-state index contributed by atoms with van der Waals surface area (Å²) in [5, 5.41) is 3.71. The Morgan fingerprint density at radius 3 is 2.33 bits per heavy atom. The molecule has 0 spiro atoms. The van der Waals surface area contributed by atoms with Gasteiger partial charge < -0.3 is 10.1 Å². The standard InChI is InChI=1S/C19H33NO/c1-7-13-20-17(18(21-8-2)19(4,5)6)14-16-12-10-9-11-15(16)3/h9-12,17-18,20H,7-8,13-14H2,1-6H3. The van der Waals surface area contributed by atoms with Crippen molar-refractivity contribution in [2.45, 2.75) is 66.5 Å². The lowest BCUT2D eigenvalue weighted by atomic mass is 9.82. The molecule has 0 bridgehead atoms. The van der Waals surface area contributed by atoms with E-state index in [-0.39, 0.29) is 11.5 Å². The van der Waals surface area contributed by atoms with Gasteiger partial charge in [-0.05, 0) is 49.8 Å². The van der Waals surface area contributed by atoms with E-state index in [4.69, 9.17) is 4.74 Å². The van der Waals surface area contributed by atoms with Crippen molar-refractivity contribution in [1.82, 2.24) is 5.32 Å². The molecule has 0 radical (unpaired) electrons. The predicted molar refractivity (Wildman–Crippen MR) is 91.8 cm³/mol. The van der Waals surface area contributed by atoms with Crippen molar-refractivity contribution in [1.29, 1.82) is 0 Å². The topological polar surface area (TPSA) is 21.3 Å². The van der Waals surface area contributed by atoms with Gasteiger partial charge >= 0.3 is 0 Å². The molecule has 2 nitrogen and oxygen atoms in total. The Balaban J connectivity index is 2.94. The van der Waals surface area contributed by atoms with Crippen LogP contribution in [0.5, 0.6) is 0 Å². The predicted octanol–water partition coefficient (Wildman–Crippen LogP) is 4.36. The molecule has 1 aromatic carbocycles. The van der Waals surface area contributed by atoms with Gasteiger partial charge in [0.2, 0.25) is 0 Å². The van der Waals surface area contributed by atoms with Crippen LogP contribution in [0.1, 0.15) is 52.2 Å². The van der Waals surface area contributed by atoms with E-state index >= 15 is 0 Å².